The summed E-state index contributed by atoms with van der Waals surface area (Å²) in [7, 11) is 2.59. The van der Waals surface area contributed by atoms with Gasteiger partial charge in [0.15, 0.2) is 17.5 Å². The van der Waals surface area contributed by atoms with E-state index in [4.69, 9.17) is 10.5 Å². The van der Waals surface area contributed by atoms with Crippen molar-refractivity contribution in [1.82, 2.24) is 59.2 Å². The third-order valence-electron chi connectivity index (χ3n) is 11.1. The number of ether oxygens (including phenoxy) is 2. The Balaban J connectivity index is 0.000000189. The molecular formula is C53H47BrF9N15O6. The fourth-order valence-electron chi connectivity index (χ4n) is 7.14. The zero-order valence-corrected chi connectivity index (χ0v) is 45.4. The number of carbonyl (C=O) groups is 3. The van der Waals surface area contributed by atoms with Crippen LogP contribution in [0.25, 0.3) is 33.4 Å². The summed E-state index contributed by atoms with van der Waals surface area (Å²) in [5, 5.41) is 27.3. The number of aromatic carboxylic acids is 1. The van der Waals surface area contributed by atoms with Gasteiger partial charge in [0.2, 0.25) is 0 Å². The largest absolute Gasteiger partial charge is 0.478 e. The molecule has 0 saturated carbocycles. The van der Waals surface area contributed by atoms with Gasteiger partial charge in [-0.05, 0) is 87.2 Å². The minimum Gasteiger partial charge on any atom is -0.478 e. The number of carboxylic acid groups (broad SMARTS) is 1. The summed E-state index contributed by atoms with van der Waals surface area (Å²) in [6.07, 6.45) is 6.69. The Labute approximate surface area is 478 Å². The molecule has 0 aliphatic carbocycles. The van der Waals surface area contributed by atoms with Crippen molar-refractivity contribution in [3.63, 3.8) is 0 Å². The summed E-state index contributed by atoms with van der Waals surface area (Å²) < 4.78 is 125. The molecular weight excluding hydrogens is 1190 g/mol. The average Bonchev–Trinajstić information content (AvgIpc) is 4.26. The molecule has 0 radical (unpaired) electrons. The summed E-state index contributed by atoms with van der Waals surface area (Å²) in [4.78, 5) is 57.6. The van der Waals surface area contributed by atoms with Crippen molar-refractivity contribution in [3.8, 4) is 33.4 Å². The minimum absolute atomic E-state index is 0.0319. The van der Waals surface area contributed by atoms with Crippen molar-refractivity contribution in [3.05, 3.63) is 169 Å². The average molecular weight is 1240 g/mol. The van der Waals surface area contributed by atoms with Crippen LogP contribution < -0.4 is 16.4 Å². The third-order valence-corrected chi connectivity index (χ3v) is 11.8. The zero-order chi connectivity index (χ0) is 61.0. The van der Waals surface area contributed by atoms with Gasteiger partial charge in [-0.3, -0.25) is 43.9 Å². The smallest absolute Gasteiger partial charge is 0.390 e. The third kappa shape index (κ3) is 19.4. The van der Waals surface area contributed by atoms with Crippen molar-refractivity contribution >= 4 is 62.7 Å². The Kier molecular flexibility index (Phi) is 22.1. The molecule has 0 fully saturated rings. The summed E-state index contributed by atoms with van der Waals surface area (Å²) in [6, 6.07) is 14.6. The molecule has 0 aliphatic rings. The lowest BCUT2D eigenvalue weighted by Crippen LogP contribution is -2.12. The van der Waals surface area contributed by atoms with Crippen LogP contribution in [0.3, 0.4) is 0 Å². The molecule has 9 rings (SSSR count). The first-order valence-electron chi connectivity index (χ1n) is 24.2. The standard InChI is InChI=1S/C18H16F3N5O2.C17H14F3N5O2.C11H11F3N4.C7H6BrNO2/c1-28-17(27)13-4-8-23-10-15(13)24-16-14(12-2-6-22-7-3-12)11-26(25-16)9-5-18(19,20)21;18-17(19,20)4-8-25-10-13(11-1-5-21-6-2-11)15(24-25)23-14-9-22-7-3-12(14)16(26)27;12-11(13,14)3-6-18-7-9(10(15)17-18)8-1-4-16-5-2-8;1-11-7(10)5-2-3-9-4-6(5)8/h2-4,6-8,10-11H,5,9H2,1H3,(H,24,25);1-3,5-7,9-10H,4,8H2,(H,23,24)(H,26,27);1-2,4-5,7H,3,6H2,(H2,15,17);2-4H,1H3. The van der Waals surface area contributed by atoms with E-state index in [1.54, 1.807) is 85.8 Å². The molecule has 0 amide bonds. The highest BCUT2D eigenvalue weighted by molar-refractivity contribution is 9.10. The predicted octanol–water partition coefficient (Wildman–Crippen LogP) is 11.7. The molecule has 31 heteroatoms. The number of carbonyl (C=O) groups excluding carboxylic acids is 2. The van der Waals surface area contributed by atoms with E-state index in [0.717, 1.165) is 5.56 Å². The van der Waals surface area contributed by atoms with Crippen LogP contribution in [-0.2, 0) is 29.1 Å². The monoisotopic (exact) mass is 1240 g/mol. The molecule has 9 heterocycles. The highest BCUT2D eigenvalue weighted by atomic mass is 79.9. The number of rotatable bonds is 16. The second-order valence-electron chi connectivity index (χ2n) is 17.0. The maximum Gasteiger partial charge on any atom is 0.390 e. The van der Waals surface area contributed by atoms with Crippen LogP contribution in [0.4, 0.5) is 68.3 Å². The number of pyridine rings is 6. The zero-order valence-electron chi connectivity index (χ0n) is 43.8. The first kappa shape index (κ1) is 63.4. The van der Waals surface area contributed by atoms with Crippen molar-refractivity contribution in [2.24, 2.45) is 0 Å². The minimum atomic E-state index is -4.31. The summed E-state index contributed by atoms with van der Waals surface area (Å²) in [6.45, 7) is -0.930. The maximum absolute atomic E-state index is 12.6. The molecule has 5 N–H and O–H groups in total. The van der Waals surface area contributed by atoms with Crippen LogP contribution in [-0.4, -0.2) is 115 Å². The predicted molar refractivity (Wildman–Crippen MR) is 289 cm³/mol. The molecule has 0 unspecified atom stereocenters. The van der Waals surface area contributed by atoms with E-state index in [1.807, 2.05) is 0 Å². The number of nitrogens with one attached hydrogen (secondary N) is 2. The van der Waals surface area contributed by atoms with Crippen molar-refractivity contribution in [2.75, 3.05) is 30.6 Å². The Morgan fingerprint density at radius 1 is 0.500 bits per heavy atom. The van der Waals surface area contributed by atoms with E-state index in [-0.39, 0.29) is 59.9 Å². The number of nitrogens with two attached hydrogens (primary N) is 1. The van der Waals surface area contributed by atoms with E-state index in [2.05, 4.69) is 76.5 Å². The lowest BCUT2D eigenvalue weighted by Gasteiger charge is -2.09. The summed E-state index contributed by atoms with van der Waals surface area (Å²) in [5.74, 6) is -1.39. The van der Waals surface area contributed by atoms with E-state index >= 15 is 0 Å². The number of hydrogen-bond acceptors (Lipinski definition) is 17. The highest BCUT2D eigenvalue weighted by Crippen LogP contribution is 2.33. The Morgan fingerprint density at radius 2 is 0.833 bits per heavy atom. The van der Waals surface area contributed by atoms with Gasteiger partial charge >= 0.3 is 36.4 Å². The molecule has 0 spiro atoms. The van der Waals surface area contributed by atoms with Crippen LogP contribution in [0.2, 0.25) is 0 Å². The van der Waals surface area contributed by atoms with E-state index in [9.17, 15) is 59.0 Å². The van der Waals surface area contributed by atoms with Crippen LogP contribution in [0.15, 0.2) is 152 Å². The van der Waals surface area contributed by atoms with Gasteiger partial charge < -0.3 is 30.9 Å². The summed E-state index contributed by atoms with van der Waals surface area (Å²) in [5.41, 5.74) is 10.7. The van der Waals surface area contributed by atoms with E-state index in [1.165, 1.54) is 90.0 Å². The van der Waals surface area contributed by atoms with Crippen LogP contribution in [0.1, 0.15) is 50.3 Å². The number of hydrogen-bond donors (Lipinski definition) is 4. The summed E-state index contributed by atoms with van der Waals surface area (Å²) >= 11 is 3.17. The highest BCUT2D eigenvalue weighted by Gasteiger charge is 2.29. The van der Waals surface area contributed by atoms with Crippen LogP contribution >= 0.6 is 15.9 Å². The number of nitrogens with zero attached hydrogens (tertiary/aromatic N) is 12. The number of nitrogen functional groups attached to an aromatic ring is 1. The van der Waals surface area contributed by atoms with Gasteiger partial charge in [-0.2, -0.15) is 54.8 Å². The number of aromatic nitrogens is 12. The normalized spacial score (nSPS) is 11.1. The molecule has 84 heavy (non-hydrogen) atoms. The van der Waals surface area contributed by atoms with Gasteiger partial charge in [0.25, 0.3) is 0 Å². The molecule has 0 aromatic carbocycles. The number of anilines is 5. The Morgan fingerprint density at radius 3 is 1.23 bits per heavy atom. The lowest BCUT2D eigenvalue weighted by molar-refractivity contribution is -0.138. The van der Waals surface area contributed by atoms with Gasteiger partial charge in [0.1, 0.15) is 0 Å². The van der Waals surface area contributed by atoms with Gasteiger partial charge in [-0.1, -0.05) is 0 Å². The number of esters is 2. The molecule has 0 aliphatic heterocycles. The van der Waals surface area contributed by atoms with Crippen LogP contribution in [0.5, 0.6) is 0 Å². The number of halogens is 10. The molecule has 0 atom stereocenters. The quantitative estimate of drug-likeness (QED) is 0.0517. The molecule has 0 saturated heterocycles. The van der Waals surface area contributed by atoms with Gasteiger partial charge in [0, 0.05) is 117 Å². The molecule has 9 aromatic rings. The second kappa shape index (κ2) is 29.3. The number of methoxy groups -OCH3 is 2. The first-order chi connectivity index (χ1) is 39.9. The fraction of sp³-hybridized carbons (Fsp3) is 0.208. The molecule has 9 aromatic heterocycles. The van der Waals surface area contributed by atoms with Gasteiger partial charge in [0.05, 0.1) is 78.4 Å². The maximum atomic E-state index is 12.6. The molecule has 21 nitrogen and oxygen atoms in total. The fourth-order valence-corrected chi connectivity index (χ4v) is 7.55. The topological polar surface area (TPSA) is 271 Å². The van der Waals surface area contributed by atoms with Crippen molar-refractivity contribution in [1.29, 1.82) is 0 Å². The Bertz CT molecular complexity index is 3590. The lowest BCUT2D eigenvalue weighted by atomic mass is 10.1. The number of alkyl halides is 9. The van der Waals surface area contributed by atoms with Gasteiger partial charge in [-0.25, -0.2) is 14.4 Å². The SMILES string of the molecule is COC(=O)c1ccncc1Br.COC(=O)c1ccncc1Nc1nn(CCC(F)(F)F)cc1-c1ccncc1.Nc1nn(CCC(F)(F)F)cc1-c1ccncc1.O=C(O)c1ccncc1Nc1nn(CCC(F)(F)F)cc1-c1ccncc1. The first-order valence-corrected chi connectivity index (χ1v) is 25.0. The van der Waals surface area contributed by atoms with Crippen molar-refractivity contribution < 1.29 is 68.5 Å². The van der Waals surface area contributed by atoms with Gasteiger partial charge in [-0.15, -0.1) is 0 Å². The van der Waals surface area contributed by atoms with E-state index < -0.39 is 49.7 Å². The Hall–Kier alpha value is -9.81. The number of aryl methyl sites for hydroxylation is 3. The number of carboxylic acids is 1. The second-order valence-corrected chi connectivity index (χ2v) is 17.9. The van der Waals surface area contributed by atoms with Crippen molar-refractivity contribution in [2.45, 2.75) is 57.4 Å². The molecule has 0 bridgehead atoms. The van der Waals surface area contributed by atoms with E-state index in [0.29, 0.717) is 43.5 Å². The molecule has 440 valence electrons. The van der Waals surface area contributed by atoms with Crippen LogP contribution in [0, 0.1) is 0 Å².